The van der Waals surface area contributed by atoms with Gasteiger partial charge in [-0.2, -0.15) is 0 Å². The van der Waals surface area contributed by atoms with Crippen LogP contribution in [0, 0.1) is 0 Å². The second-order valence-corrected chi connectivity index (χ2v) is 5.54. The Balaban J connectivity index is 2.64. The zero-order valence-electron chi connectivity index (χ0n) is 8.97. The molecule has 0 saturated heterocycles. The molecule has 0 amide bonds. The average Bonchev–Trinajstić information content (AvgIpc) is 2.22. The first-order chi connectivity index (χ1) is 7.15. The molecule has 3 heteroatoms. The summed E-state index contributed by atoms with van der Waals surface area (Å²) in [7, 11) is 0. The fourth-order valence-electron chi connectivity index (χ4n) is 1.57. The molecule has 0 heterocycles. The second-order valence-electron chi connectivity index (χ2n) is 3.77. The summed E-state index contributed by atoms with van der Waals surface area (Å²) in [5.41, 5.74) is 7.35. The van der Waals surface area contributed by atoms with Gasteiger partial charge in [0.2, 0.25) is 0 Å². The average molecular weight is 335 g/mol. The first-order valence-electron chi connectivity index (χ1n) is 5.35. The molecule has 1 atom stereocenters. The number of unbranched alkanes of at least 4 members (excludes halogenated alkanes) is 2. The smallest absolute Gasteiger partial charge is 0.0306 e. The highest BCUT2D eigenvalue weighted by Gasteiger charge is 2.09. The summed E-state index contributed by atoms with van der Waals surface area (Å²) in [4.78, 5) is 0. The number of hydrogen-bond acceptors (Lipinski definition) is 1. The molecule has 1 aromatic carbocycles. The quantitative estimate of drug-likeness (QED) is 0.769. The standard InChI is InChI=1S/C12H17Br2N/c1-2-3-4-5-12(15)10-8-9(13)6-7-11(10)14/h6-8,12H,2-5,15H2,1H3. The first-order valence-corrected chi connectivity index (χ1v) is 6.94. The summed E-state index contributed by atoms with van der Waals surface area (Å²) < 4.78 is 2.20. The number of hydrogen-bond donors (Lipinski definition) is 1. The van der Waals surface area contributed by atoms with Gasteiger partial charge in [-0.1, -0.05) is 58.0 Å². The van der Waals surface area contributed by atoms with Gasteiger partial charge in [-0.05, 0) is 30.2 Å². The van der Waals surface area contributed by atoms with E-state index in [1.807, 2.05) is 12.1 Å². The minimum Gasteiger partial charge on any atom is -0.324 e. The molecule has 15 heavy (non-hydrogen) atoms. The largest absolute Gasteiger partial charge is 0.324 e. The van der Waals surface area contributed by atoms with Crippen molar-refractivity contribution in [3.8, 4) is 0 Å². The van der Waals surface area contributed by atoms with E-state index in [9.17, 15) is 0 Å². The van der Waals surface area contributed by atoms with Crippen molar-refractivity contribution in [2.24, 2.45) is 5.73 Å². The lowest BCUT2D eigenvalue weighted by atomic mass is 10.0. The highest BCUT2D eigenvalue weighted by molar-refractivity contribution is 9.11. The van der Waals surface area contributed by atoms with Crippen molar-refractivity contribution >= 4 is 31.9 Å². The zero-order chi connectivity index (χ0) is 11.3. The summed E-state index contributed by atoms with van der Waals surface area (Å²) in [5, 5.41) is 0. The van der Waals surface area contributed by atoms with Crippen LogP contribution in [0.1, 0.15) is 44.2 Å². The summed E-state index contributed by atoms with van der Waals surface area (Å²) in [6, 6.07) is 6.30. The van der Waals surface area contributed by atoms with Gasteiger partial charge >= 0.3 is 0 Å². The highest BCUT2D eigenvalue weighted by atomic mass is 79.9. The van der Waals surface area contributed by atoms with Crippen LogP contribution >= 0.6 is 31.9 Å². The van der Waals surface area contributed by atoms with E-state index in [1.165, 1.54) is 24.8 Å². The van der Waals surface area contributed by atoms with E-state index in [0.29, 0.717) is 0 Å². The molecule has 0 fully saturated rings. The number of rotatable bonds is 5. The van der Waals surface area contributed by atoms with Crippen LogP contribution in [0.5, 0.6) is 0 Å². The third-order valence-corrected chi connectivity index (χ3v) is 3.69. The van der Waals surface area contributed by atoms with Crippen LogP contribution < -0.4 is 5.73 Å². The fraction of sp³-hybridized carbons (Fsp3) is 0.500. The molecule has 84 valence electrons. The molecule has 0 aliphatic rings. The first kappa shape index (κ1) is 13.2. The SMILES string of the molecule is CCCCCC(N)c1cc(Br)ccc1Br. The van der Waals surface area contributed by atoms with Crippen molar-refractivity contribution in [2.45, 2.75) is 38.6 Å². The van der Waals surface area contributed by atoms with E-state index in [4.69, 9.17) is 5.73 Å². The summed E-state index contributed by atoms with van der Waals surface area (Å²) in [6.07, 6.45) is 4.77. The van der Waals surface area contributed by atoms with Crippen LogP contribution in [0.2, 0.25) is 0 Å². The Morgan fingerprint density at radius 3 is 2.67 bits per heavy atom. The normalized spacial score (nSPS) is 12.8. The molecule has 1 rings (SSSR count). The maximum absolute atomic E-state index is 6.15. The monoisotopic (exact) mass is 333 g/mol. The van der Waals surface area contributed by atoms with E-state index < -0.39 is 0 Å². The van der Waals surface area contributed by atoms with E-state index in [0.717, 1.165) is 15.4 Å². The molecule has 0 aliphatic heterocycles. The lowest BCUT2D eigenvalue weighted by molar-refractivity contribution is 0.579. The molecule has 0 aliphatic carbocycles. The van der Waals surface area contributed by atoms with Gasteiger partial charge in [0.1, 0.15) is 0 Å². The summed E-state index contributed by atoms with van der Waals surface area (Å²) in [6.45, 7) is 2.21. The highest BCUT2D eigenvalue weighted by Crippen LogP contribution is 2.28. The minimum absolute atomic E-state index is 0.142. The predicted molar refractivity (Wildman–Crippen MR) is 72.9 cm³/mol. The minimum atomic E-state index is 0.142. The van der Waals surface area contributed by atoms with Crippen LogP contribution in [-0.4, -0.2) is 0 Å². The van der Waals surface area contributed by atoms with Gasteiger partial charge in [0.05, 0.1) is 0 Å². The van der Waals surface area contributed by atoms with Crippen molar-refractivity contribution in [2.75, 3.05) is 0 Å². The third-order valence-electron chi connectivity index (χ3n) is 2.48. The Kier molecular flexibility index (Phi) is 5.87. The van der Waals surface area contributed by atoms with E-state index in [-0.39, 0.29) is 6.04 Å². The van der Waals surface area contributed by atoms with E-state index >= 15 is 0 Å². The van der Waals surface area contributed by atoms with E-state index in [1.54, 1.807) is 0 Å². The molecule has 0 saturated carbocycles. The van der Waals surface area contributed by atoms with Gasteiger partial charge < -0.3 is 5.73 Å². The van der Waals surface area contributed by atoms with Crippen molar-refractivity contribution < 1.29 is 0 Å². The van der Waals surface area contributed by atoms with Crippen molar-refractivity contribution in [3.63, 3.8) is 0 Å². The fourth-order valence-corrected chi connectivity index (χ4v) is 2.49. The molecule has 2 N–H and O–H groups in total. The summed E-state index contributed by atoms with van der Waals surface area (Å²) >= 11 is 7.01. The lowest BCUT2D eigenvalue weighted by Crippen LogP contribution is -2.10. The Morgan fingerprint density at radius 2 is 2.00 bits per heavy atom. The van der Waals surface area contributed by atoms with Crippen LogP contribution in [0.15, 0.2) is 27.1 Å². The molecule has 0 spiro atoms. The third kappa shape index (κ3) is 4.25. The van der Waals surface area contributed by atoms with Crippen molar-refractivity contribution in [1.29, 1.82) is 0 Å². The predicted octanol–water partition coefficient (Wildman–Crippen LogP) is 4.79. The van der Waals surface area contributed by atoms with Crippen LogP contribution in [0.3, 0.4) is 0 Å². The lowest BCUT2D eigenvalue weighted by Gasteiger charge is -2.14. The molecule has 0 radical (unpaired) electrons. The van der Waals surface area contributed by atoms with Gasteiger partial charge in [0, 0.05) is 15.0 Å². The van der Waals surface area contributed by atoms with Gasteiger partial charge in [-0.15, -0.1) is 0 Å². The van der Waals surface area contributed by atoms with Crippen LogP contribution in [0.25, 0.3) is 0 Å². The zero-order valence-corrected chi connectivity index (χ0v) is 12.1. The number of halogens is 2. The maximum Gasteiger partial charge on any atom is 0.0306 e. The molecule has 1 aromatic rings. The van der Waals surface area contributed by atoms with Gasteiger partial charge in [-0.25, -0.2) is 0 Å². The van der Waals surface area contributed by atoms with Gasteiger partial charge in [0.25, 0.3) is 0 Å². The van der Waals surface area contributed by atoms with Gasteiger partial charge in [-0.3, -0.25) is 0 Å². The number of nitrogens with two attached hydrogens (primary N) is 1. The van der Waals surface area contributed by atoms with E-state index in [2.05, 4.69) is 44.8 Å². The summed E-state index contributed by atoms with van der Waals surface area (Å²) in [5.74, 6) is 0. The van der Waals surface area contributed by atoms with Crippen molar-refractivity contribution in [1.82, 2.24) is 0 Å². The second kappa shape index (κ2) is 6.66. The van der Waals surface area contributed by atoms with Crippen molar-refractivity contribution in [3.05, 3.63) is 32.7 Å². The Hall–Kier alpha value is 0.140. The maximum atomic E-state index is 6.15. The Morgan fingerprint density at radius 1 is 1.27 bits per heavy atom. The number of benzene rings is 1. The van der Waals surface area contributed by atoms with Gasteiger partial charge in [0.15, 0.2) is 0 Å². The molecule has 0 aromatic heterocycles. The topological polar surface area (TPSA) is 26.0 Å². The van der Waals surface area contributed by atoms with Crippen LogP contribution in [0.4, 0.5) is 0 Å². The Bertz CT molecular complexity index is 312. The molecular weight excluding hydrogens is 318 g/mol. The Labute approximate surface area is 109 Å². The molecule has 0 bridgehead atoms. The van der Waals surface area contributed by atoms with Crippen LogP contribution in [-0.2, 0) is 0 Å². The molecule has 1 nitrogen and oxygen atoms in total. The molecular formula is C12H17Br2N. The molecule has 1 unspecified atom stereocenters.